The summed E-state index contributed by atoms with van der Waals surface area (Å²) in [5.74, 6) is -0.357. The van der Waals surface area contributed by atoms with Crippen molar-refractivity contribution in [2.45, 2.75) is 19.8 Å². The molecule has 1 aliphatic heterocycles. The van der Waals surface area contributed by atoms with Crippen LogP contribution in [0.15, 0.2) is 0 Å². The molecule has 0 aromatic carbocycles. The molecule has 108 valence electrons. The number of nitrogens with one attached hydrogen (secondary N) is 1. The van der Waals surface area contributed by atoms with Crippen LogP contribution in [0.2, 0.25) is 0 Å². The summed E-state index contributed by atoms with van der Waals surface area (Å²) in [6, 6.07) is 0. The lowest BCUT2D eigenvalue weighted by atomic mass is 10.3. The molecule has 3 N–H and O–H groups in total. The van der Waals surface area contributed by atoms with Crippen LogP contribution in [0.25, 0.3) is 0 Å². The Bertz CT molecular complexity index is 346. The summed E-state index contributed by atoms with van der Waals surface area (Å²) < 4.78 is 0. The summed E-state index contributed by atoms with van der Waals surface area (Å²) in [6.07, 6.45) is 1.25. The molecule has 0 aromatic rings. The van der Waals surface area contributed by atoms with Gasteiger partial charge in [0.05, 0.1) is 13.1 Å². The zero-order chi connectivity index (χ0) is 14.3. The van der Waals surface area contributed by atoms with Crippen LogP contribution in [0.3, 0.4) is 0 Å². The highest BCUT2D eigenvalue weighted by molar-refractivity contribution is 5.85. The summed E-state index contributed by atoms with van der Waals surface area (Å²) >= 11 is 0. The van der Waals surface area contributed by atoms with Crippen molar-refractivity contribution in [3.05, 3.63) is 0 Å². The van der Waals surface area contributed by atoms with Gasteiger partial charge >= 0.3 is 0 Å². The van der Waals surface area contributed by atoms with Gasteiger partial charge in [-0.1, -0.05) is 6.92 Å². The molecule has 0 aromatic heterocycles. The number of nitrogens with zero attached hydrogens (tertiary/aromatic N) is 2. The Morgan fingerprint density at radius 3 is 2.16 bits per heavy atom. The minimum atomic E-state index is -0.342. The molecule has 0 spiro atoms. The van der Waals surface area contributed by atoms with Gasteiger partial charge in [-0.25, -0.2) is 0 Å². The van der Waals surface area contributed by atoms with Crippen molar-refractivity contribution in [3.63, 3.8) is 0 Å². The van der Waals surface area contributed by atoms with Gasteiger partial charge in [-0.2, -0.15) is 0 Å². The van der Waals surface area contributed by atoms with Crippen LogP contribution in [0.1, 0.15) is 19.8 Å². The minimum Gasteiger partial charge on any atom is -0.346 e. The number of amides is 3. The first-order chi connectivity index (χ1) is 9.08. The van der Waals surface area contributed by atoms with Crippen molar-refractivity contribution in [3.8, 4) is 0 Å². The largest absolute Gasteiger partial charge is 0.346 e. The molecule has 0 unspecified atom stereocenters. The zero-order valence-electron chi connectivity index (χ0n) is 11.4. The molecule has 0 radical (unpaired) electrons. The van der Waals surface area contributed by atoms with Crippen LogP contribution in [-0.4, -0.2) is 66.8 Å². The fourth-order valence-corrected chi connectivity index (χ4v) is 2.00. The normalized spacial score (nSPS) is 15.9. The fourth-order valence-electron chi connectivity index (χ4n) is 2.00. The third-order valence-electron chi connectivity index (χ3n) is 3.13. The Balaban J connectivity index is 2.41. The lowest BCUT2D eigenvalue weighted by Crippen LogP contribution is -2.43. The van der Waals surface area contributed by atoms with E-state index in [1.807, 2.05) is 6.92 Å². The van der Waals surface area contributed by atoms with E-state index in [0.717, 1.165) is 6.42 Å². The molecule has 3 amide bonds. The van der Waals surface area contributed by atoms with E-state index in [0.29, 0.717) is 32.6 Å². The van der Waals surface area contributed by atoms with Gasteiger partial charge in [-0.15, -0.1) is 0 Å². The molecular formula is C12H22N4O3. The molecule has 1 heterocycles. The Hall–Kier alpha value is -1.63. The smallest absolute Gasteiger partial charge is 0.242 e. The fraction of sp³-hybridized carbons (Fsp3) is 0.750. The molecule has 19 heavy (non-hydrogen) atoms. The average Bonchev–Trinajstić information content (AvgIpc) is 2.69. The van der Waals surface area contributed by atoms with Gasteiger partial charge in [0.2, 0.25) is 17.7 Å². The summed E-state index contributed by atoms with van der Waals surface area (Å²) in [7, 11) is 0. The van der Waals surface area contributed by atoms with E-state index in [1.54, 1.807) is 9.80 Å². The number of rotatable bonds is 4. The van der Waals surface area contributed by atoms with E-state index >= 15 is 0 Å². The topological polar surface area (TPSA) is 95.7 Å². The van der Waals surface area contributed by atoms with Gasteiger partial charge < -0.3 is 20.9 Å². The molecule has 0 bridgehead atoms. The van der Waals surface area contributed by atoms with E-state index in [1.165, 1.54) is 0 Å². The molecule has 0 atom stereocenters. The molecule has 1 saturated heterocycles. The van der Waals surface area contributed by atoms with Crippen molar-refractivity contribution in [2.24, 2.45) is 5.73 Å². The van der Waals surface area contributed by atoms with Crippen LogP contribution >= 0.6 is 0 Å². The second-order valence-electron chi connectivity index (χ2n) is 4.45. The molecule has 1 aliphatic rings. The second kappa shape index (κ2) is 7.73. The quantitative estimate of drug-likeness (QED) is 0.652. The molecule has 0 saturated carbocycles. The standard InChI is InChI=1S/C12H22N4O3/c1-2-11(18)15-4-3-5-16(7-6-15)12(19)9-14-10(17)8-13/h2-9,13H2,1H3,(H,14,17). The van der Waals surface area contributed by atoms with Crippen LogP contribution in [0.5, 0.6) is 0 Å². The summed E-state index contributed by atoms with van der Waals surface area (Å²) in [6.45, 7) is 4.06. The van der Waals surface area contributed by atoms with Crippen molar-refractivity contribution < 1.29 is 14.4 Å². The van der Waals surface area contributed by atoms with Crippen molar-refractivity contribution in [2.75, 3.05) is 39.3 Å². The molecule has 7 heteroatoms. The van der Waals surface area contributed by atoms with E-state index in [-0.39, 0.29) is 30.8 Å². The second-order valence-corrected chi connectivity index (χ2v) is 4.45. The zero-order valence-corrected chi connectivity index (χ0v) is 11.4. The van der Waals surface area contributed by atoms with E-state index in [9.17, 15) is 14.4 Å². The summed E-state index contributed by atoms with van der Waals surface area (Å²) in [4.78, 5) is 37.9. The summed E-state index contributed by atoms with van der Waals surface area (Å²) in [5, 5.41) is 2.46. The highest BCUT2D eigenvalue weighted by Crippen LogP contribution is 2.05. The first-order valence-corrected chi connectivity index (χ1v) is 6.60. The maximum atomic E-state index is 11.9. The first kappa shape index (κ1) is 15.4. The van der Waals surface area contributed by atoms with E-state index < -0.39 is 0 Å². The van der Waals surface area contributed by atoms with Crippen LogP contribution in [0.4, 0.5) is 0 Å². The van der Waals surface area contributed by atoms with Gasteiger partial charge in [-0.3, -0.25) is 14.4 Å². The SMILES string of the molecule is CCC(=O)N1CCCN(C(=O)CNC(=O)CN)CC1. The van der Waals surface area contributed by atoms with Gasteiger partial charge in [0.1, 0.15) is 0 Å². The Morgan fingerprint density at radius 1 is 1.05 bits per heavy atom. The Morgan fingerprint density at radius 2 is 1.63 bits per heavy atom. The monoisotopic (exact) mass is 270 g/mol. The number of hydrogen-bond acceptors (Lipinski definition) is 4. The van der Waals surface area contributed by atoms with E-state index in [4.69, 9.17) is 5.73 Å². The van der Waals surface area contributed by atoms with Crippen LogP contribution in [-0.2, 0) is 14.4 Å². The Labute approximate surface area is 113 Å². The first-order valence-electron chi connectivity index (χ1n) is 6.60. The van der Waals surface area contributed by atoms with Crippen molar-refractivity contribution in [1.82, 2.24) is 15.1 Å². The number of carbonyl (C=O) groups is 3. The highest BCUT2D eigenvalue weighted by atomic mass is 16.2. The molecule has 1 rings (SSSR count). The number of nitrogens with two attached hydrogens (primary N) is 1. The lowest BCUT2D eigenvalue weighted by Gasteiger charge is -2.22. The third-order valence-corrected chi connectivity index (χ3v) is 3.13. The van der Waals surface area contributed by atoms with Gasteiger partial charge in [0.25, 0.3) is 0 Å². The third kappa shape index (κ3) is 4.86. The van der Waals surface area contributed by atoms with Crippen LogP contribution in [0, 0.1) is 0 Å². The van der Waals surface area contributed by atoms with Gasteiger partial charge in [0.15, 0.2) is 0 Å². The molecule has 0 aliphatic carbocycles. The minimum absolute atomic E-state index is 0.0300. The molecule has 7 nitrogen and oxygen atoms in total. The van der Waals surface area contributed by atoms with Gasteiger partial charge in [-0.05, 0) is 6.42 Å². The predicted octanol–water partition coefficient (Wildman–Crippen LogP) is -1.47. The van der Waals surface area contributed by atoms with Gasteiger partial charge in [0, 0.05) is 32.6 Å². The van der Waals surface area contributed by atoms with E-state index in [2.05, 4.69) is 5.32 Å². The summed E-state index contributed by atoms with van der Waals surface area (Å²) in [5.41, 5.74) is 5.15. The lowest BCUT2D eigenvalue weighted by molar-refractivity contribution is -0.133. The average molecular weight is 270 g/mol. The molecule has 1 fully saturated rings. The maximum Gasteiger partial charge on any atom is 0.242 e. The number of carbonyl (C=O) groups excluding carboxylic acids is 3. The molecular weight excluding hydrogens is 248 g/mol. The highest BCUT2D eigenvalue weighted by Gasteiger charge is 2.21. The van der Waals surface area contributed by atoms with Crippen molar-refractivity contribution >= 4 is 17.7 Å². The van der Waals surface area contributed by atoms with Crippen LogP contribution < -0.4 is 11.1 Å². The number of hydrogen-bond donors (Lipinski definition) is 2. The van der Waals surface area contributed by atoms with Crippen molar-refractivity contribution in [1.29, 1.82) is 0 Å². The maximum absolute atomic E-state index is 11.9. The Kier molecular flexibility index (Phi) is 6.27. The predicted molar refractivity (Wildman–Crippen MR) is 70.1 cm³/mol.